The number of carbonyl (C=O) groups excluding carboxylic acids is 2. The Morgan fingerprint density at radius 2 is 2.06 bits per heavy atom. The Hall–Kier alpha value is -1.84. The highest BCUT2D eigenvalue weighted by molar-refractivity contribution is 5.93. The number of phenols is 1. The molecular weight excluding hydrogens is 208 g/mol. The molecule has 1 N–H and O–H groups in total. The number of ether oxygens (including phenoxy) is 1. The molecule has 0 saturated carbocycles. The molecule has 0 saturated heterocycles. The van der Waals surface area contributed by atoms with Crippen molar-refractivity contribution < 1.29 is 19.4 Å². The van der Waals surface area contributed by atoms with E-state index in [9.17, 15) is 14.7 Å². The maximum Gasteiger partial charge on any atom is 0.341 e. The summed E-state index contributed by atoms with van der Waals surface area (Å²) in [5.41, 5.74) is 0.786. The summed E-state index contributed by atoms with van der Waals surface area (Å²) >= 11 is 0. The third kappa shape index (κ3) is 3.08. The normalized spacial score (nSPS) is 9.88. The van der Waals surface area contributed by atoms with Gasteiger partial charge in [-0.05, 0) is 31.5 Å². The van der Waals surface area contributed by atoms with E-state index < -0.39 is 5.97 Å². The van der Waals surface area contributed by atoms with Crippen LogP contribution in [-0.2, 0) is 16.0 Å². The van der Waals surface area contributed by atoms with Gasteiger partial charge >= 0.3 is 5.97 Å². The smallest absolute Gasteiger partial charge is 0.341 e. The molecule has 4 heteroatoms. The highest BCUT2D eigenvalue weighted by Gasteiger charge is 2.13. The average molecular weight is 222 g/mol. The zero-order valence-electron chi connectivity index (χ0n) is 9.32. The summed E-state index contributed by atoms with van der Waals surface area (Å²) < 4.78 is 4.78. The van der Waals surface area contributed by atoms with Gasteiger partial charge in [-0.15, -0.1) is 0 Å². The number of hydrogen-bond acceptors (Lipinski definition) is 4. The first-order chi connectivity index (χ1) is 7.54. The third-order valence-electron chi connectivity index (χ3n) is 2.01. The summed E-state index contributed by atoms with van der Waals surface area (Å²) in [6, 6.07) is 4.48. The Morgan fingerprint density at radius 1 is 1.38 bits per heavy atom. The number of rotatable bonds is 4. The number of benzene rings is 1. The lowest BCUT2D eigenvalue weighted by molar-refractivity contribution is -0.116. The largest absolute Gasteiger partial charge is 0.507 e. The van der Waals surface area contributed by atoms with Crippen LogP contribution in [0.15, 0.2) is 18.2 Å². The van der Waals surface area contributed by atoms with Crippen LogP contribution in [0.5, 0.6) is 5.75 Å². The van der Waals surface area contributed by atoms with Gasteiger partial charge in [-0.2, -0.15) is 0 Å². The van der Waals surface area contributed by atoms with Crippen LogP contribution in [-0.4, -0.2) is 23.5 Å². The summed E-state index contributed by atoms with van der Waals surface area (Å²) in [5, 5.41) is 9.48. The lowest BCUT2D eigenvalue weighted by Gasteiger charge is -2.06. The lowest BCUT2D eigenvalue weighted by atomic mass is 10.1. The van der Waals surface area contributed by atoms with Crippen molar-refractivity contribution in [2.24, 2.45) is 0 Å². The van der Waals surface area contributed by atoms with Gasteiger partial charge in [0.25, 0.3) is 0 Å². The monoisotopic (exact) mass is 222 g/mol. The minimum Gasteiger partial charge on any atom is -0.507 e. The molecule has 0 unspecified atom stereocenters. The second-order valence-corrected chi connectivity index (χ2v) is 3.45. The molecule has 0 aliphatic rings. The number of esters is 1. The molecule has 1 aromatic rings. The SMILES string of the molecule is CCOC(=O)c1cc(CC(C)=O)ccc1O. The molecule has 0 amide bonds. The van der Waals surface area contributed by atoms with E-state index in [1.54, 1.807) is 13.0 Å². The standard InChI is InChI=1S/C12H14O4/c1-3-16-12(15)10-7-9(6-8(2)13)4-5-11(10)14/h4-5,7,14H,3,6H2,1-2H3. The van der Waals surface area contributed by atoms with Crippen LogP contribution in [0.4, 0.5) is 0 Å². The second-order valence-electron chi connectivity index (χ2n) is 3.45. The van der Waals surface area contributed by atoms with Gasteiger partial charge < -0.3 is 9.84 Å². The van der Waals surface area contributed by atoms with Crippen LogP contribution in [0.1, 0.15) is 29.8 Å². The summed E-state index contributed by atoms with van der Waals surface area (Å²) in [5.74, 6) is -0.711. The number of Topliss-reactive ketones (excluding diaryl/α,β-unsaturated/α-hetero) is 1. The third-order valence-corrected chi connectivity index (χ3v) is 2.01. The number of aromatic hydroxyl groups is 1. The molecule has 4 nitrogen and oxygen atoms in total. The molecule has 0 radical (unpaired) electrons. The van der Waals surface area contributed by atoms with Crippen molar-refractivity contribution in [3.8, 4) is 5.75 Å². The number of phenolic OH excluding ortho intramolecular Hbond substituents is 1. The first kappa shape index (κ1) is 12.2. The van der Waals surface area contributed by atoms with Crippen molar-refractivity contribution in [3.05, 3.63) is 29.3 Å². The maximum atomic E-state index is 11.4. The van der Waals surface area contributed by atoms with Gasteiger partial charge in [0.1, 0.15) is 17.1 Å². The molecule has 0 aliphatic carbocycles. The minimum atomic E-state index is -0.578. The van der Waals surface area contributed by atoms with Crippen LogP contribution < -0.4 is 0 Å². The molecule has 0 fully saturated rings. The van der Waals surface area contributed by atoms with Gasteiger partial charge in [0.15, 0.2) is 0 Å². The van der Waals surface area contributed by atoms with Crippen LogP contribution in [0.3, 0.4) is 0 Å². The Kier molecular flexibility index (Phi) is 4.05. The Morgan fingerprint density at radius 3 is 2.62 bits per heavy atom. The van der Waals surface area contributed by atoms with E-state index in [0.29, 0.717) is 5.56 Å². The lowest BCUT2D eigenvalue weighted by Crippen LogP contribution is -2.06. The Balaban J connectivity index is 2.98. The fraction of sp³-hybridized carbons (Fsp3) is 0.333. The first-order valence-electron chi connectivity index (χ1n) is 5.03. The van der Waals surface area contributed by atoms with Crippen molar-refractivity contribution in [2.45, 2.75) is 20.3 Å². The molecule has 86 valence electrons. The second kappa shape index (κ2) is 5.30. The van der Waals surface area contributed by atoms with Gasteiger partial charge in [-0.25, -0.2) is 4.79 Å². The molecule has 16 heavy (non-hydrogen) atoms. The van der Waals surface area contributed by atoms with Crippen molar-refractivity contribution in [1.29, 1.82) is 0 Å². The fourth-order valence-electron chi connectivity index (χ4n) is 1.35. The quantitative estimate of drug-likeness (QED) is 0.787. The Bertz CT molecular complexity index is 409. The van der Waals surface area contributed by atoms with Crippen molar-refractivity contribution in [1.82, 2.24) is 0 Å². The number of hydrogen-bond donors (Lipinski definition) is 1. The molecule has 0 bridgehead atoms. The summed E-state index contributed by atoms with van der Waals surface area (Å²) in [7, 11) is 0. The van der Waals surface area contributed by atoms with E-state index >= 15 is 0 Å². The van der Waals surface area contributed by atoms with E-state index in [4.69, 9.17) is 4.74 Å². The van der Waals surface area contributed by atoms with Crippen molar-refractivity contribution in [2.75, 3.05) is 6.61 Å². The topological polar surface area (TPSA) is 63.6 Å². The molecular formula is C12H14O4. The van der Waals surface area contributed by atoms with Crippen LogP contribution in [0.2, 0.25) is 0 Å². The zero-order valence-corrected chi connectivity index (χ0v) is 9.32. The van der Waals surface area contributed by atoms with Gasteiger partial charge in [-0.3, -0.25) is 4.79 Å². The van der Waals surface area contributed by atoms with E-state index in [0.717, 1.165) is 0 Å². The fourth-order valence-corrected chi connectivity index (χ4v) is 1.35. The van der Waals surface area contributed by atoms with Gasteiger partial charge in [0, 0.05) is 6.42 Å². The molecule has 0 heterocycles. The van der Waals surface area contributed by atoms with Crippen molar-refractivity contribution >= 4 is 11.8 Å². The number of carbonyl (C=O) groups is 2. The zero-order chi connectivity index (χ0) is 12.1. The predicted molar refractivity (Wildman–Crippen MR) is 58.4 cm³/mol. The van der Waals surface area contributed by atoms with Gasteiger partial charge in [0.05, 0.1) is 6.61 Å². The molecule has 0 aliphatic heterocycles. The summed E-state index contributed by atoms with van der Waals surface area (Å²) in [6.45, 7) is 3.40. The molecule has 0 atom stereocenters. The van der Waals surface area contributed by atoms with Crippen molar-refractivity contribution in [3.63, 3.8) is 0 Å². The van der Waals surface area contributed by atoms with Crippen LogP contribution >= 0.6 is 0 Å². The summed E-state index contributed by atoms with van der Waals surface area (Å²) in [4.78, 5) is 22.4. The van der Waals surface area contributed by atoms with Crippen LogP contribution in [0, 0.1) is 0 Å². The minimum absolute atomic E-state index is 0.000462. The number of ketones is 1. The predicted octanol–water partition coefficient (Wildman–Crippen LogP) is 1.70. The van der Waals surface area contributed by atoms with E-state index in [2.05, 4.69) is 0 Å². The van der Waals surface area contributed by atoms with Crippen LogP contribution in [0.25, 0.3) is 0 Å². The van der Waals surface area contributed by atoms with Gasteiger partial charge in [-0.1, -0.05) is 6.07 Å². The Labute approximate surface area is 93.9 Å². The van der Waals surface area contributed by atoms with E-state index in [1.165, 1.54) is 19.1 Å². The average Bonchev–Trinajstić information content (AvgIpc) is 2.20. The van der Waals surface area contributed by atoms with E-state index in [1.807, 2.05) is 0 Å². The van der Waals surface area contributed by atoms with E-state index in [-0.39, 0.29) is 30.1 Å². The molecule has 0 spiro atoms. The highest BCUT2D eigenvalue weighted by Crippen LogP contribution is 2.20. The first-order valence-corrected chi connectivity index (χ1v) is 5.03. The molecule has 1 aromatic carbocycles. The highest BCUT2D eigenvalue weighted by atomic mass is 16.5. The maximum absolute atomic E-state index is 11.4. The molecule has 0 aromatic heterocycles. The molecule has 1 rings (SSSR count). The van der Waals surface area contributed by atoms with Gasteiger partial charge in [0.2, 0.25) is 0 Å². The summed E-state index contributed by atoms with van der Waals surface area (Å²) in [6.07, 6.45) is 0.243.